The summed E-state index contributed by atoms with van der Waals surface area (Å²) < 4.78 is 5.23. The summed E-state index contributed by atoms with van der Waals surface area (Å²) in [5.41, 5.74) is 7.55. The van der Waals surface area contributed by atoms with E-state index in [0.717, 1.165) is 11.0 Å². The van der Waals surface area contributed by atoms with Crippen molar-refractivity contribution in [3.05, 3.63) is 29.8 Å². The fourth-order valence-corrected chi connectivity index (χ4v) is 1.23. The van der Waals surface area contributed by atoms with E-state index in [1.807, 2.05) is 31.2 Å². The van der Waals surface area contributed by atoms with E-state index < -0.39 is 0 Å². The zero-order valence-electron chi connectivity index (χ0n) is 6.29. The van der Waals surface area contributed by atoms with E-state index in [-0.39, 0.29) is 0 Å². The molecule has 1 aromatic heterocycles. The van der Waals surface area contributed by atoms with E-state index >= 15 is 0 Å². The van der Waals surface area contributed by atoms with Crippen molar-refractivity contribution in [3.8, 4) is 0 Å². The van der Waals surface area contributed by atoms with Gasteiger partial charge >= 0.3 is 0 Å². The van der Waals surface area contributed by atoms with Gasteiger partial charge < -0.3 is 10.2 Å². The fraction of sp³-hybridized carbons (Fsp3) is 0.111. The van der Waals surface area contributed by atoms with Crippen molar-refractivity contribution >= 4 is 16.9 Å². The quantitative estimate of drug-likeness (QED) is 0.621. The third-order valence-electron chi connectivity index (χ3n) is 1.80. The van der Waals surface area contributed by atoms with Gasteiger partial charge in [0.15, 0.2) is 5.88 Å². The minimum atomic E-state index is 0.481. The molecule has 0 spiro atoms. The van der Waals surface area contributed by atoms with Gasteiger partial charge in [-0.25, -0.2) is 0 Å². The highest BCUT2D eigenvalue weighted by Gasteiger charge is 2.00. The minimum Gasteiger partial charge on any atom is -0.441 e. The zero-order valence-corrected chi connectivity index (χ0v) is 6.29. The van der Waals surface area contributed by atoms with Crippen LogP contribution in [0.25, 0.3) is 11.0 Å². The van der Waals surface area contributed by atoms with Crippen LogP contribution >= 0.6 is 0 Å². The summed E-state index contributed by atoms with van der Waals surface area (Å²) in [5, 5.41) is 1.10. The second-order valence-electron chi connectivity index (χ2n) is 2.64. The number of rotatable bonds is 0. The molecule has 56 valence electrons. The van der Waals surface area contributed by atoms with Gasteiger partial charge in [-0.15, -0.1) is 0 Å². The van der Waals surface area contributed by atoms with Gasteiger partial charge in [-0.3, -0.25) is 0 Å². The van der Waals surface area contributed by atoms with Crippen molar-refractivity contribution in [2.24, 2.45) is 0 Å². The highest BCUT2D eigenvalue weighted by atomic mass is 16.3. The molecular weight excluding hydrogens is 138 g/mol. The van der Waals surface area contributed by atoms with Crippen LogP contribution in [-0.4, -0.2) is 0 Å². The van der Waals surface area contributed by atoms with Crippen molar-refractivity contribution in [2.45, 2.75) is 6.92 Å². The first-order chi connectivity index (χ1) is 5.27. The van der Waals surface area contributed by atoms with Gasteiger partial charge in [-0.05, 0) is 18.6 Å². The molecular formula is C9H9NO. The first-order valence-corrected chi connectivity index (χ1v) is 3.52. The molecule has 0 aliphatic carbocycles. The monoisotopic (exact) mass is 147 g/mol. The van der Waals surface area contributed by atoms with Gasteiger partial charge in [0.2, 0.25) is 0 Å². The smallest absolute Gasteiger partial charge is 0.191 e. The second-order valence-corrected chi connectivity index (χ2v) is 2.64. The van der Waals surface area contributed by atoms with Crippen LogP contribution in [0.3, 0.4) is 0 Å². The van der Waals surface area contributed by atoms with Gasteiger partial charge in [0.25, 0.3) is 0 Å². The Morgan fingerprint density at radius 2 is 2.18 bits per heavy atom. The average molecular weight is 147 g/mol. The Morgan fingerprint density at radius 3 is 2.91 bits per heavy atom. The molecule has 0 saturated carbocycles. The molecule has 0 fully saturated rings. The molecule has 2 rings (SSSR count). The van der Waals surface area contributed by atoms with Gasteiger partial charge in [0.1, 0.15) is 5.58 Å². The summed E-state index contributed by atoms with van der Waals surface area (Å²) in [6.07, 6.45) is 0. The van der Waals surface area contributed by atoms with Gasteiger partial charge in [0, 0.05) is 11.5 Å². The minimum absolute atomic E-state index is 0.481. The Morgan fingerprint density at radius 1 is 1.36 bits per heavy atom. The largest absolute Gasteiger partial charge is 0.441 e. The highest BCUT2D eigenvalue weighted by Crippen LogP contribution is 2.23. The molecule has 0 unspecified atom stereocenters. The summed E-state index contributed by atoms with van der Waals surface area (Å²) >= 11 is 0. The van der Waals surface area contributed by atoms with Crippen LogP contribution in [0.4, 0.5) is 5.88 Å². The number of anilines is 1. The van der Waals surface area contributed by atoms with E-state index in [2.05, 4.69) is 0 Å². The lowest BCUT2D eigenvalue weighted by molar-refractivity contribution is 0.637. The van der Waals surface area contributed by atoms with Crippen molar-refractivity contribution in [3.63, 3.8) is 0 Å². The first-order valence-electron chi connectivity index (χ1n) is 3.52. The van der Waals surface area contributed by atoms with Crippen LogP contribution in [0.1, 0.15) is 5.56 Å². The number of nitrogens with two attached hydrogens (primary N) is 1. The molecule has 0 amide bonds. The Kier molecular flexibility index (Phi) is 1.15. The van der Waals surface area contributed by atoms with Crippen LogP contribution in [-0.2, 0) is 0 Å². The molecule has 2 N–H and O–H groups in total. The normalized spacial score (nSPS) is 10.6. The Labute approximate surface area is 64.6 Å². The number of nitrogen functional groups attached to an aromatic ring is 1. The maximum absolute atomic E-state index is 5.49. The summed E-state index contributed by atoms with van der Waals surface area (Å²) in [7, 11) is 0. The number of benzene rings is 1. The van der Waals surface area contributed by atoms with E-state index in [1.165, 1.54) is 5.56 Å². The maximum atomic E-state index is 5.49. The van der Waals surface area contributed by atoms with E-state index in [9.17, 15) is 0 Å². The lowest BCUT2D eigenvalue weighted by atomic mass is 10.1. The molecule has 0 bridgehead atoms. The van der Waals surface area contributed by atoms with Gasteiger partial charge in [-0.1, -0.05) is 12.1 Å². The fourth-order valence-electron chi connectivity index (χ4n) is 1.23. The lowest BCUT2D eigenvalue weighted by Crippen LogP contribution is -1.75. The first kappa shape index (κ1) is 6.28. The topological polar surface area (TPSA) is 39.2 Å². The predicted molar refractivity (Wildman–Crippen MR) is 45.4 cm³/mol. The van der Waals surface area contributed by atoms with Gasteiger partial charge in [0.05, 0.1) is 0 Å². The summed E-state index contributed by atoms with van der Waals surface area (Å²) in [4.78, 5) is 0. The third-order valence-corrected chi connectivity index (χ3v) is 1.80. The van der Waals surface area contributed by atoms with Crippen molar-refractivity contribution in [1.29, 1.82) is 0 Å². The molecule has 2 nitrogen and oxygen atoms in total. The molecule has 0 atom stereocenters. The number of furan rings is 1. The average Bonchev–Trinajstić information content (AvgIpc) is 2.31. The SMILES string of the molecule is Cc1cccc2oc(N)cc12. The van der Waals surface area contributed by atoms with Gasteiger partial charge in [-0.2, -0.15) is 0 Å². The molecule has 2 aromatic rings. The summed E-state index contributed by atoms with van der Waals surface area (Å²) in [6, 6.07) is 7.77. The van der Waals surface area contributed by atoms with Crippen molar-refractivity contribution in [2.75, 3.05) is 5.73 Å². The summed E-state index contributed by atoms with van der Waals surface area (Å²) in [6.45, 7) is 2.04. The number of hydrogen-bond acceptors (Lipinski definition) is 2. The number of hydrogen-bond donors (Lipinski definition) is 1. The molecule has 0 aliphatic rings. The third kappa shape index (κ3) is 0.871. The molecule has 0 radical (unpaired) electrons. The molecule has 1 aromatic carbocycles. The molecule has 2 heteroatoms. The summed E-state index contributed by atoms with van der Waals surface area (Å²) in [5.74, 6) is 0.481. The van der Waals surface area contributed by atoms with Crippen LogP contribution in [0.2, 0.25) is 0 Å². The van der Waals surface area contributed by atoms with E-state index in [1.54, 1.807) is 0 Å². The molecule has 11 heavy (non-hydrogen) atoms. The number of fused-ring (bicyclic) bond motifs is 1. The van der Waals surface area contributed by atoms with Crippen molar-refractivity contribution in [1.82, 2.24) is 0 Å². The lowest BCUT2D eigenvalue weighted by Gasteiger charge is -1.90. The van der Waals surface area contributed by atoms with Crippen molar-refractivity contribution < 1.29 is 4.42 Å². The second kappa shape index (κ2) is 2.02. The standard InChI is InChI=1S/C9H9NO/c1-6-3-2-4-8-7(6)5-9(10)11-8/h2-5H,10H2,1H3. The Hall–Kier alpha value is -1.44. The van der Waals surface area contributed by atoms with Crippen LogP contribution in [0, 0.1) is 6.92 Å². The molecule has 1 heterocycles. The van der Waals surface area contributed by atoms with Crippen LogP contribution in [0.5, 0.6) is 0 Å². The predicted octanol–water partition coefficient (Wildman–Crippen LogP) is 2.32. The van der Waals surface area contributed by atoms with Crippen LogP contribution < -0.4 is 5.73 Å². The Balaban J connectivity index is 2.90. The Bertz CT molecular complexity index is 389. The maximum Gasteiger partial charge on any atom is 0.191 e. The molecule has 0 aliphatic heterocycles. The van der Waals surface area contributed by atoms with E-state index in [0.29, 0.717) is 5.88 Å². The number of aryl methyl sites for hydroxylation is 1. The van der Waals surface area contributed by atoms with E-state index in [4.69, 9.17) is 10.2 Å². The zero-order chi connectivity index (χ0) is 7.84. The molecule has 0 saturated heterocycles. The highest BCUT2D eigenvalue weighted by molar-refractivity contribution is 5.83. The van der Waals surface area contributed by atoms with Crippen LogP contribution in [0.15, 0.2) is 28.7 Å².